The van der Waals surface area contributed by atoms with Gasteiger partial charge in [0.05, 0.1) is 18.0 Å². The molecule has 0 aliphatic carbocycles. The molecule has 0 saturated heterocycles. The lowest BCUT2D eigenvalue weighted by Crippen LogP contribution is -2.16. The van der Waals surface area contributed by atoms with Gasteiger partial charge in [-0.2, -0.15) is 0 Å². The molecule has 0 radical (unpaired) electrons. The molecule has 7 nitrogen and oxygen atoms in total. The van der Waals surface area contributed by atoms with Gasteiger partial charge in [-0.25, -0.2) is 9.18 Å². The van der Waals surface area contributed by atoms with Gasteiger partial charge in [-0.05, 0) is 42.3 Å². The van der Waals surface area contributed by atoms with Gasteiger partial charge in [0, 0.05) is 23.1 Å². The van der Waals surface area contributed by atoms with Crippen molar-refractivity contribution in [2.24, 2.45) is 0 Å². The van der Waals surface area contributed by atoms with Crippen molar-refractivity contribution in [2.45, 2.75) is 13.3 Å². The van der Waals surface area contributed by atoms with E-state index in [1.54, 1.807) is 12.3 Å². The number of ether oxygens (including phenoxy) is 1. The maximum Gasteiger partial charge on any atom is 0.341 e. The van der Waals surface area contributed by atoms with Crippen molar-refractivity contribution in [2.75, 3.05) is 11.9 Å². The minimum atomic E-state index is -0.607. The van der Waals surface area contributed by atoms with Crippen LogP contribution in [-0.4, -0.2) is 23.4 Å². The number of halogens is 1. The number of nitro benzene ring substituents is 1. The van der Waals surface area contributed by atoms with Crippen molar-refractivity contribution in [1.29, 1.82) is 0 Å². The van der Waals surface area contributed by atoms with E-state index in [-0.39, 0.29) is 30.2 Å². The second-order valence-corrected chi connectivity index (χ2v) is 7.11. The molecule has 0 fully saturated rings. The number of anilines is 1. The second-order valence-electron chi connectivity index (χ2n) is 6.23. The van der Waals surface area contributed by atoms with Gasteiger partial charge in [0.25, 0.3) is 5.69 Å². The Balaban J connectivity index is 1.88. The molecular weight excluding hydrogens is 411 g/mol. The normalized spacial score (nSPS) is 10.5. The van der Waals surface area contributed by atoms with E-state index in [1.165, 1.54) is 48.5 Å². The van der Waals surface area contributed by atoms with E-state index >= 15 is 0 Å². The molecule has 0 aliphatic rings. The monoisotopic (exact) mass is 428 g/mol. The number of carbonyl (C=O) groups excluding carboxylic acids is 2. The first kappa shape index (κ1) is 21.1. The standard InChI is InChI=1S/C21H17FN2O5S/c1-2-29-21(26)19-17(14-5-9-16(10-6-14)24(27)28)12-30-20(19)23-18(25)11-13-3-7-15(22)8-4-13/h3-10,12H,2,11H2,1H3,(H,23,25). The molecule has 0 saturated carbocycles. The first-order chi connectivity index (χ1) is 14.4. The van der Waals surface area contributed by atoms with Crippen LogP contribution in [0.25, 0.3) is 11.1 Å². The van der Waals surface area contributed by atoms with Crippen LogP contribution in [0, 0.1) is 15.9 Å². The number of nitrogens with zero attached hydrogens (tertiary/aromatic N) is 1. The van der Waals surface area contributed by atoms with Crippen molar-refractivity contribution in [1.82, 2.24) is 0 Å². The first-order valence-corrected chi connectivity index (χ1v) is 9.84. The van der Waals surface area contributed by atoms with Gasteiger partial charge in [-0.1, -0.05) is 12.1 Å². The fourth-order valence-electron chi connectivity index (χ4n) is 2.79. The fourth-order valence-corrected chi connectivity index (χ4v) is 3.76. The summed E-state index contributed by atoms with van der Waals surface area (Å²) in [7, 11) is 0. The Hall–Kier alpha value is -3.59. The molecule has 0 bridgehead atoms. The van der Waals surface area contributed by atoms with Gasteiger partial charge in [-0.15, -0.1) is 11.3 Å². The van der Waals surface area contributed by atoms with Crippen molar-refractivity contribution >= 4 is 33.9 Å². The van der Waals surface area contributed by atoms with Crippen molar-refractivity contribution in [3.63, 3.8) is 0 Å². The molecule has 3 aromatic rings. The number of nitro groups is 1. The maximum absolute atomic E-state index is 13.0. The zero-order valence-corrected chi connectivity index (χ0v) is 16.7. The largest absolute Gasteiger partial charge is 0.462 e. The van der Waals surface area contributed by atoms with Crippen LogP contribution in [0.15, 0.2) is 53.9 Å². The Labute approximate surface area is 175 Å². The van der Waals surface area contributed by atoms with Gasteiger partial charge in [0.15, 0.2) is 0 Å². The first-order valence-electron chi connectivity index (χ1n) is 8.96. The molecule has 154 valence electrons. The summed E-state index contributed by atoms with van der Waals surface area (Å²) in [5.41, 5.74) is 1.82. The van der Waals surface area contributed by atoms with Crippen molar-refractivity contribution < 1.29 is 23.6 Å². The lowest BCUT2D eigenvalue weighted by Gasteiger charge is -2.09. The highest BCUT2D eigenvalue weighted by molar-refractivity contribution is 7.15. The van der Waals surface area contributed by atoms with E-state index in [9.17, 15) is 24.1 Å². The summed E-state index contributed by atoms with van der Waals surface area (Å²) in [6.45, 7) is 1.82. The third-order valence-corrected chi connectivity index (χ3v) is 5.09. The molecule has 1 N–H and O–H groups in total. The van der Waals surface area contributed by atoms with Gasteiger partial charge in [0.1, 0.15) is 16.4 Å². The summed E-state index contributed by atoms with van der Waals surface area (Å²) in [5, 5.41) is 15.6. The number of non-ortho nitro benzene ring substituents is 1. The Kier molecular flexibility index (Phi) is 6.53. The van der Waals surface area contributed by atoms with Crippen LogP contribution >= 0.6 is 11.3 Å². The molecule has 0 spiro atoms. The molecule has 30 heavy (non-hydrogen) atoms. The van der Waals surface area contributed by atoms with Gasteiger partial charge in [-0.3, -0.25) is 14.9 Å². The third kappa shape index (κ3) is 4.87. The zero-order valence-electron chi connectivity index (χ0n) is 15.9. The number of esters is 1. The van der Waals surface area contributed by atoms with Crippen LogP contribution < -0.4 is 5.32 Å². The van der Waals surface area contributed by atoms with Crippen molar-refractivity contribution in [3.8, 4) is 11.1 Å². The Morgan fingerprint density at radius 3 is 2.40 bits per heavy atom. The fraction of sp³-hybridized carbons (Fsp3) is 0.143. The molecule has 0 unspecified atom stereocenters. The summed E-state index contributed by atoms with van der Waals surface area (Å²) in [6.07, 6.45) is 0.00725. The number of hydrogen-bond donors (Lipinski definition) is 1. The van der Waals surface area contributed by atoms with Crippen LogP contribution in [-0.2, 0) is 16.0 Å². The lowest BCUT2D eigenvalue weighted by molar-refractivity contribution is -0.384. The Bertz CT molecular complexity index is 1080. The SMILES string of the molecule is CCOC(=O)c1c(-c2ccc([N+](=O)[O-])cc2)csc1NC(=O)Cc1ccc(F)cc1. The molecule has 3 rings (SSSR count). The highest BCUT2D eigenvalue weighted by Crippen LogP contribution is 2.37. The average molecular weight is 428 g/mol. The van der Waals surface area contributed by atoms with E-state index in [1.807, 2.05) is 0 Å². The molecule has 1 aromatic heterocycles. The number of amides is 1. The van der Waals surface area contributed by atoms with E-state index in [4.69, 9.17) is 4.74 Å². The summed E-state index contributed by atoms with van der Waals surface area (Å²) < 4.78 is 18.2. The molecule has 1 heterocycles. The van der Waals surface area contributed by atoms with E-state index in [0.29, 0.717) is 21.7 Å². The molecule has 2 aromatic carbocycles. The number of rotatable bonds is 7. The van der Waals surface area contributed by atoms with Gasteiger partial charge < -0.3 is 10.1 Å². The summed E-state index contributed by atoms with van der Waals surface area (Å²) in [6, 6.07) is 11.3. The van der Waals surface area contributed by atoms with Crippen LogP contribution in [0.1, 0.15) is 22.8 Å². The molecule has 0 atom stereocenters. The van der Waals surface area contributed by atoms with Crippen LogP contribution in [0.4, 0.5) is 15.1 Å². The van der Waals surface area contributed by atoms with Gasteiger partial charge in [0.2, 0.25) is 5.91 Å². The minimum Gasteiger partial charge on any atom is -0.462 e. The summed E-state index contributed by atoms with van der Waals surface area (Å²) in [4.78, 5) is 35.4. The van der Waals surface area contributed by atoms with Crippen LogP contribution in [0.3, 0.4) is 0 Å². The molecule has 0 aliphatic heterocycles. The summed E-state index contributed by atoms with van der Waals surface area (Å²) >= 11 is 1.15. The molecule has 9 heteroatoms. The average Bonchev–Trinajstić information content (AvgIpc) is 3.13. The van der Waals surface area contributed by atoms with Crippen molar-refractivity contribution in [3.05, 3.63) is 81.0 Å². The number of carbonyl (C=O) groups is 2. The van der Waals surface area contributed by atoms with Crippen LogP contribution in [0.2, 0.25) is 0 Å². The predicted molar refractivity (Wildman–Crippen MR) is 111 cm³/mol. The van der Waals surface area contributed by atoms with E-state index in [0.717, 1.165) is 11.3 Å². The van der Waals surface area contributed by atoms with Gasteiger partial charge >= 0.3 is 5.97 Å². The lowest BCUT2D eigenvalue weighted by atomic mass is 10.0. The highest BCUT2D eigenvalue weighted by Gasteiger charge is 2.23. The zero-order chi connectivity index (χ0) is 21.7. The van der Waals surface area contributed by atoms with Crippen LogP contribution in [0.5, 0.6) is 0 Å². The molecular formula is C21H17FN2O5S. The Morgan fingerprint density at radius 2 is 1.80 bits per heavy atom. The predicted octanol–water partition coefficient (Wildman–Crippen LogP) is 4.82. The second kappa shape index (κ2) is 9.27. The number of hydrogen-bond acceptors (Lipinski definition) is 6. The highest BCUT2D eigenvalue weighted by atomic mass is 32.1. The molecule has 1 amide bonds. The topological polar surface area (TPSA) is 98.5 Å². The quantitative estimate of drug-likeness (QED) is 0.330. The Morgan fingerprint density at radius 1 is 1.13 bits per heavy atom. The van der Waals surface area contributed by atoms with E-state index < -0.39 is 16.7 Å². The minimum absolute atomic E-state index is 0.00725. The number of nitrogens with one attached hydrogen (secondary N) is 1. The summed E-state index contributed by atoms with van der Waals surface area (Å²) in [5.74, 6) is -1.37. The van der Waals surface area contributed by atoms with E-state index in [2.05, 4.69) is 5.32 Å². The number of thiophene rings is 1. The number of benzene rings is 2. The smallest absolute Gasteiger partial charge is 0.341 e. The maximum atomic E-state index is 13.0. The third-order valence-electron chi connectivity index (χ3n) is 4.19.